The molecule has 0 aliphatic carbocycles. The summed E-state index contributed by atoms with van der Waals surface area (Å²) < 4.78 is 40.8. The molecular weight excluding hydrogens is 442 g/mol. The van der Waals surface area contributed by atoms with E-state index in [0.717, 1.165) is 17.0 Å². The molecule has 0 bridgehead atoms. The van der Waals surface area contributed by atoms with Crippen molar-refractivity contribution in [1.82, 2.24) is 19.6 Å². The number of fused-ring (bicyclic) bond motifs is 1. The Morgan fingerprint density at radius 2 is 1.61 bits per heavy atom. The van der Waals surface area contributed by atoms with E-state index in [9.17, 15) is 8.42 Å². The molecule has 0 atom stereocenters. The molecule has 9 nitrogen and oxygen atoms in total. The molecule has 4 rings (SSSR count). The van der Waals surface area contributed by atoms with E-state index in [-0.39, 0.29) is 17.4 Å². The summed E-state index contributed by atoms with van der Waals surface area (Å²) >= 11 is 0. The van der Waals surface area contributed by atoms with Crippen LogP contribution in [0.1, 0.15) is 22.5 Å². The Hall–Kier alpha value is -3.66. The molecule has 0 aliphatic heterocycles. The lowest BCUT2D eigenvalue weighted by Crippen LogP contribution is -2.31. The highest BCUT2D eigenvalue weighted by atomic mass is 32.2. The van der Waals surface area contributed by atoms with Crippen LogP contribution in [-0.2, 0) is 16.6 Å². The standard InChI is InChI=1S/C23H25N5O4S/c1-15-6-9-19(10-7-15)33(29,30)27(14-18-8-11-20(31-4)21(13-18)32-5)23-25-22-24-16(2)12-17(3)28(22)26-23/h6-13H,14H2,1-5H3. The van der Waals surface area contributed by atoms with Gasteiger partial charge in [-0.2, -0.15) is 9.50 Å². The van der Waals surface area contributed by atoms with Crippen molar-refractivity contribution in [3.63, 3.8) is 0 Å². The van der Waals surface area contributed by atoms with E-state index < -0.39 is 10.0 Å². The Bertz CT molecular complexity index is 1420. The SMILES string of the molecule is COc1ccc(CN(c2nc3nc(C)cc(C)n3n2)S(=O)(=O)c2ccc(C)cc2)cc1OC. The number of benzene rings is 2. The zero-order valence-electron chi connectivity index (χ0n) is 19.1. The first-order valence-corrected chi connectivity index (χ1v) is 11.7. The molecule has 0 saturated heterocycles. The van der Waals surface area contributed by atoms with Crippen LogP contribution >= 0.6 is 0 Å². The molecule has 0 radical (unpaired) electrons. The van der Waals surface area contributed by atoms with Crippen molar-refractivity contribution in [1.29, 1.82) is 0 Å². The molecular formula is C23H25N5O4S. The van der Waals surface area contributed by atoms with Gasteiger partial charge in [0.15, 0.2) is 11.5 Å². The van der Waals surface area contributed by atoms with Gasteiger partial charge in [-0.1, -0.05) is 23.8 Å². The third kappa shape index (κ3) is 4.34. The Labute approximate surface area is 192 Å². The van der Waals surface area contributed by atoms with Crippen LogP contribution in [0.15, 0.2) is 53.4 Å². The number of hydrogen-bond acceptors (Lipinski definition) is 7. The van der Waals surface area contributed by atoms with Crippen LogP contribution in [0.3, 0.4) is 0 Å². The van der Waals surface area contributed by atoms with E-state index >= 15 is 0 Å². The molecule has 4 aromatic rings. The molecule has 0 spiro atoms. The second-order valence-corrected chi connectivity index (χ2v) is 9.54. The van der Waals surface area contributed by atoms with Gasteiger partial charge in [0.25, 0.3) is 21.7 Å². The van der Waals surface area contributed by atoms with E-state index in [1.807, 2.05) is 26.8 Å². The molecule has 172 valence electrons. The van der Waals surface area contributed by atoms with Crippen LogP contribution in [0.5, 0.6) is 11.5 Å². The van der Waals surface area contributed by atoms with Crippen molar-refractivity contribution in [3.8, 4) is 11.5 Å². The zero-order valence-corrected chi connectivity index (χ0v) is 19.9. The van der Waals surface area contributed by atoms with E-state index in [1.54, 1.807) is 49.6 Å². The van der Waals surface area contributed by atoms with Gasteiger partial charge in [-0.25, -0.2) is 17.7 Å². The van der Waals surface area contributed by atoms with Crippen molar-refractivity contribution in [2.24, 2.45) is 0 Å². The number of aryl methyl sites for hydroxylation is 3. The predicted octanol–water partition coefficient (Wildman–Crippen LogP) is 3.46. The second-order valence-electron chi connectivity index (χ2n) is 7.68. The van der Waals surface area contributed by atoms with Crippen molar-refractivity contribution in [2.45, 2.75) is 32.2 Å². The van der Waals surface area contributed by atoms with Crippen LogP contribution in [0, 0.1) is 20.8 Å². The molecule has 0 amide bonds. The average molecular weight is 468 g/mol. The van der Waals surface area contributed by atoms with Crippen LogP contribution in [0.2, 0.25) is 0 Å². The molecule has 0 aliphatic rings. The third-order valence-electron chi connectivity index (χ3n) is 5.21. The van der Waals surface area contributed by atoms with Crippen molar-refractivity contribution in [3.05, 3.63) is 71.0 Å². The monoisotopic (exact) mass is 467 g/mol. The lowest BCUT2D eigenvalue weighted by molar-refractivity contribution is 0.354. The van der Waals surface area contributed by atoms with Crippen molar-refractivity contribution in [2.75, 3.05) is 18.5 Å². The third-order valence-corrected chi connectivity index (χ3v) is 6.95. The molecule has 2 aromatic carbocycles. The van der Waals surface area contributed by atoms with Gasteiger partial charge in [0.1, 0.15) is 0 Å². The van der Waals surface area contributed by atoms with Crippen molar-refractivity contribution < 1.29 is 17.9 Å². The minimum atomic E-state index is -3.98. The topological polar surface area (TPSA) is 98.9 Å². The van der Waals surface area contributed by atoms with Crippen LogP contribution < -0.4 is 13.8 Å². The van der Waals surface area contributed by atoms with Gasteiger partial charge in [-0.05, 0) is 56.7 Å². The number of rotatable bonds is 7. The molecule has 0 N–H and O–H groups in total. The van der Waals surface area contributed by atoms with Gasteiger partial charge in [-0.3, -0.25) is 0 Å². The highest BCUT2D eigenvalue weighted by Crippen LogP contribution is 2.30. The number of methoxy groups -OCH3 is 2. The highest BCUT2D eigenvalue weighted by Gasteiger charge is 2.29. The van der Waals surface area contributed by atoms with Gasteiger partial charge in [0.2, 0.25) is 0 Å². The van der Waals surface area contributed by atoms with Crippen molar-refractivity contribution >= 4 is 21.7 Å². The van der Waals surface area contributed by atoms with Gasteiger partial charge in [0.05, 0.1) is 25.7 Å². The number of ether oxygens (including phenoxy) is 2. The normalized spacial score (nSPS) is 11.5. The Morgan fingerprint density at radius 1 is 0.909 bits per heavy atom. The molecule has 2 aromatic heterocycles. The van der Waals surface area contributed by atoms with E-state index in [4.69, 9.17) is 9.47 Å². The first-order valence-electron chi connectivity index (χ1n) is 10.2. The Kier molecular flexibility index (Phi) is 5.94. The summed E-state index contributed by atoms with van der Waals surface area (Å²) in [5, 5.41) is 4.47. The lowest BCUT2D eigenvalue weighted by Gasteiger charge is -2.21. The van der Waals surface area contributed by atoms with E-state index in [1.165, 1.54) is 15.9 Å². The van der Waals surface area contributed by atoms with Crippen LogP contribution in [0.25, 0.3) is 5.78 Å². The number of anilines is 1. The van der Waals surface area contributed by atoms with E-state index in [0.29, 0.717) is 22.8 Å². The fourth-order valence-electron chi connectivity index (χ4n) is 3.51. The smallest absolute Gasteiger partial charge is 0.267 e. The Balaban J connectivity index is 1.85. The van der Waals surface area contributed by atoms with Crippen LogP contribution in [0.4, 0.5) is 5.95 Å². The number of hydrogen-bond donors (Lipinski definition) is 0. The summed E-state index contributed by atoms with van der Waals surface area (Å²) in [4.78, 5) is 8.99. The highest BCUT2D eigenvalue weighted by molar-refractivity contribution is 7.92. The molecule has 0 saturated carbocycles. The fraction of sp³-hybridized carbons (Fsp3) is 0.261. The number of nitrogens with zero attached hydrogens (tertiary/aromatic N) is 5. The molecule has 0 fully saturated rings. The summed E-state index contributed by atoms with van der Waals surface area (Å²) in [6.07, 6.45) is 0. The maximum atomic E-state index is 13.7. The van der Waals surface area contributed by atoms with Gasteiger partial charge in [0, 0.05) is 11.4 Å². The molecule has 33 heavy (non-hydrogen) atoms. The maximum Gasteiger partial charge on any atom is 0.267 e. The molecule has 0 unspecified atom stereocenters. The van der Waals surface area contributed by atoms with Gasteiger partial charge in [-0.15, -0.1) is 5.10 Å². The van der Waals surface area contributed by atoms with Gasteiger partial charge < -0.3 is 9.47 Å². The minimum absolute atomic E-state index is 0.00846. The van der Waals surface area contributed by atoms with Crippen LogP contribution in [-0.4, -0.2) is 42.2 Å². The minimum Gasteiger partial charge on any atom is -0.493 e. The van der Waals surface area contributed by atoms with Gasteiger partial charge >= 0.3 is 0 Å². The number of sulfonamides is 1. The quantitative estimate of drug-likeness (QED) is 0.410. The average Bonchev–Trinajstić information content (AvgIpc) is 3.21. The predicted molar refractivity (Wildman–Crippen MR) is 124 cm³/mol. The maximum absolute atomic E-state index is 13.7. The first kappa shape index (κ1) is 22.5. The second kappa shape index (κ2) is 8.70. The lowest BCUT2D eigenvalue weighted by atomic mass is 10.2. The summed E-state index contributed by atoms with van der Waals surface area (Å²) in [7, 11) is -0.904. The Morgan fingerprint density at radius 3 is 2.27 bits per heavy atom. The summed E-state index contributed by atoms with van der Waals surface area (Å²) in [5.41, 5.74) is 3.21. The molecule has 10 heteroatoms. The van der Waals surface area contributed by atoms with E-state index in [2.05, 4.69) is 15.1 Å². The summed E-state index contributed by atoms with van der Waals surface area (Å²) in [6, 6.07) is 13.8. The molecule has 2 heterocycles. The summed E-state index contributed by atoms with van der Waals surface area (Å²) in [5.74, 6) is 1.42. The fourth-order valence-corrected chi connectivity index (χ4v) is 4.85. The zero-order chi connectivity index (χ0) is 23.8. The first-order chi connectivity index (χ1) is 15.7. The number of aromatic nitrogens is 4. The largest absolute Gasteiger partial charge is 0.493 e. The summed E-state index contributed by atoms with van der Waals surface area (Å²) in [6.45, 7) is 5.61.